The monoisotopic (exact) mass is 144 g/mol. The molecule has 1 fully saturated rings. The van der Waals surface area contributed by atoms with Crippen LogP contribution in [0.25, 0.3) is 0 Å². The van der Waals surface area contributed by atoms with Crippen molar-refractivity contribution in [3.63, 3.8) is 0 Å². The van der Waals surface area contributed by atoms with E-state index in [1.54, 1.807) is 0 Å². The van der Waals surface area contributed by atoms with Crippen LogP contribution in [-0.4, -0.2) is 22.9 Å². The molecule has 0 aromatic rings. The molecule has 1 aliphatic carbocycles. The first-order valence-corrected chi connectivity index (χ1v) is 4.04. The number of rotatable bonds is 2. The van der Waals surface area contributed by atoms with Gasteiger partial charge in [-0.1, -0.05) is 6.92 Å². The normalized spacial score (nSPS) is 40.5. The van der Waals surface area contributed by atoms with Gasteiger partial charge in [0, 0.05) is 6.61 Å². The third-order valence-electron chi connectivity index (χ3n) is 2.56. The van der Waals surface area contributed by atoms with Gasteiger partial charge in [0.2, 0.25) is 0 Å². The van der Waals surface area contributed by atoms with E-state index in [0.717, 1.165) is 19.3 Å². The molecule has 0 aliphatic heterocycles. The Balaban J connectivity index is 2.33. The molecule has 10 heavy (non-hydrogen) atoms. The van der Waals surface area contributed by atoms with Gasteiger partial charge in [-0.2, -0.15) is 0 Å². The Morgan fingerprint density at radius 2 is 2.10 bits per heavy atom. The zero-order valence-corrected chi connectivity index (χ0v) is 6.45. The Bertz CT molecular complexity index is 101. The van der Waals surface area contributed by atoms with Crippen molar-refractivity contribution in [2.75, 3.05) is 6.61 Å². The molecule has 2 N–H and O–H groups in total. The standard InChI is InChI=1S/C8H16O2/c1-6-2-3-7(4-5-9)8(6)10/h6-10H,2-5H2,1H3. The molecule has 1 saturated carbocycles. The van der Waals surface area contributed by atoms with E-state index in [2.05, 4.69) is 6.92 Å². The molecule has 1 aliphatic rings. The minimum Gasteiger partial charge on any atom is -0.396 e. The van der Waals surface area contributed by atoms with E-state index < -0.39 is 0 Å². The van der Waals surface area contributed by atoms with Gasteiger partial charge in [0.25, 0.3) is 0 Å². The van der Waals surface area contributed by atoms with E-state index in [9.17, 15) is 5.11 Å². The molecule has 0 amide bonds. The van der Waals surface area contributed by atoms with E-state index in [0.29, 0.717) is 11.8 Å². The van der Waals surface area contributed by atoms with Crippen LogP contribution in [0.5, 0.6) is 0 Å². The molecule has 0 spiro atoms. The van der Waals surface area contributed by atoms with Crippen LogP contribution in [-0.2, 0) is 0 Å². The van der Waals surface area contributed by atoms with E-state index in [1.807, 2.05) is 0 Å². The van der Waals surface area contributed by atoms with E-state index >= 15 is 0 Å². The lowest BCUT2D eigenvalue weighted by atomic mass is 10.00. The highest BCUT2D eigenvalue weighted by Gasteiger charge is 2.30. The van der Waals surface area contributed by atoms with Crippen LogP contribution in [0.2, 0.25) is 0 Å². The van der Waals surface area contributed by atoms with Gasteiger partial charge in [-0.15, -0.1) is 0 Å². The summed E-state index contributed by atoms with van der Waals surface area (Å²) in [5.41, 5.74) is 0. The van der Waals surface area contributed by atoms with Crippen LogP contribution < -0.4 is 0 Å². The van der Waals surface area contributed by atoms with Crippen LogP contribution in [0.15, 0.2) is 0 Å². The van der Waals surface area contributed by atoms with Gasteiger partial charge in [-0.05, 0) is 31.1 Å². The number of aliphatic hydroxyl groups excluding tert-OH is 2. The first kappa shape index (κ1) is 8.02. The predicted octanol–water partition coefficient (Wildman–Crippen LogP) is 0.776. The van der Waals surface area contributed by atoms with Crippen molar-refractivity contribution >= 4 is 0 Å². The maximum absolute atomic E-state index is 9.48. The van der Waals surface area contributed by atoms with Crippen molar-refractivity contribution in [1.29, 1.82) is 0 Å². The first-order chi connectivity index (χ1) is 4.75. The molecule has 0 heterocycles. The molecular formula is C8H16O2. The van der Waals surface area contributed by atoms with Crippen molar-refractivity contribution in [3.05, 3.63) is 0 Å². The number of aliphatic hydroxyl groups is 2. The smallest absolute Gasteiger partial charge is 0.0594 e. The van der Waals surface area contributed by atoms with Crippen molar-refractivity contribution in [1.82, 2.24) is 0 Å². The summed E-state index contributed by atoms with van der Waals surface area (Å²) in [6.07, 6.45) is 2.81. The Morgan fingerprint density at radius 1 is 1.40 bits per heavy atom. The molecule has 0 bridgehead atoms. The molecule has 0 aromatic carbocycles. The molecule has 0 aromatic heterocycles. The fourth-order valence-electron chi connectivity index (χ4n) is 1.76. The maximum Gasteiger partial charge on any atom is 0.0594 e. The second-order valence-electron chi connectivity index (χ2n) is 3.32. The second-order valence-corrected chi connectivity index (χ2v) is 3.32. The first-order valence-electron chi connectivity index (χ1n) is 4.04. The van der Waals surface area contributed by atoms with Gasteiger partial charge >= 0.3 is 0 Å². The van der Waals surface area contributed by atoms with Gasteiger partial charge in [0.1, 0.15) is 0 Å². The van der Waals surface area contributed by atoms with Gasteiger partial charge < -0.3 is 10.2 Å². The third-order valence-corrected chi connectivity index (χ3v) is 2.56. The van der Waals surface area contributed by atoms with Gasteiger partial charge in [0.15, 0.2) is 0 Å². The van der Waals surface area contributed by atoms with E-state index in [-0.39, 0.29) is 12.7 Å². The van der Waals surface area contributed by atoms with E-state index in [4.69, 9.17) is 5.11 Å². The summed E-state index contributed by atoms with van der Waals surface area (Å²) in [6, 6.07) is 0. The van der Waals surface area contributed by atoms with Gasteiger partial charge in [-0.3, -0.25) is 0 Å². The molecule has 3 unspecified atom stereocenters. The maximum atomic E-state index is 9.48. The summed E-state index contributed by atoms with van der Waals surface area (Å²) in [7, 11) is 0. The van der Waals surface area contributed by atoms with Crippen LogP contribution >= 0.6 is 0 Å². The molecule has 2 nitrogen and oxygen atoms in total. The fraction of sp³-hybridized carbons (Fsp3) is 1.00. The SMILES string of the molecule is CC1CCC(CCO)C1O. The zero-order chi connectivity index (χ0) is 7.56. The van der Waals surface area contributed by atoms with Crippen molar-refractivity contribution in [3.8, 4) is 0 Å². The molecule has 3 atom stereocenters. The molecule has 0 radical (unpaired) electrons. The predicted molar refractivity (Wildman–Crippen MR) is 39.6 cm³/mol. The average Bonchev–Trinajstić information content (AvgIpc) is 2.20. The van der Waals surface area contributed by atoms with Crippen molar-refractivity contribution in [2.45, 2.75) is 32.3 Å². The Morgan fingerprint density at radius 3 is 2.50 bits per heavy atom. The van der Waals surface area contributed by atoms with E-state index in [1.165, 1.54) is 0 Å². The highest BCUT2D eigenvalue weighted by molar-refractivity contribution is 4.81. The molecule has 2 heteroatoms. The number of hydrogen-bond donors (Lipinski definition) is 2. The lowest BCUT2D eigenvalue weighted by Crippen LogP contribution is -2.19. The van der Waals surface area contributed by atoms with Crippen LogP contribution in [0.3, 0.4) is 0 Å². The molecule has 0 saturated heterocycles. The summed E-state index contributed by atoms with van der Waals surface area (Å²) in [6.45, 7) is 2.29. The highest BCUT2D eigenvalue weighted by Crippen LogP contribution is 2.32. The Hall–Kier alpha value is -0.0800. The minimum absolute atomic E-state index is 0.160. The number of hydrogen-bond acceptors (Lipinski definition) is 2. The zero-order valence-electron chi connectivity index (χ0n) is 6.45. The largest absolute Gasteiger partial charge is 0.396 e. The highest BCUT2D eigenvalue weighted by atomic mass is 16.3. The second kappa shape index (κ2) is 3.35. The quantitative estimate of drug-likeness (QED) is 0.601. The van der Waals surface area contributed by atoms with Crippen molar-refractivity contribution < 1.29 is 10.2 Å². The van der Waals surface area contributed by atoms with Crippen LogP contribution in [0, 0.1) is 11.8 Å². The summed E-state index contributed by atoms with van der Waals surface area (Å²) in [5.74, 6) is 0.802. The molecular weight excluding hydrogens is 128 g/mol. The van der Waals surface area contributed by atoms with Gasteiger partial charge in [0.05, 0.1) is 6.10 Å². The summed E-state index contributed by atoms with van der Waals surface area (Å²) in [5, 5.41) is 18.1. The minimum atomic E-state index is -0.160. The fourth-order valence-corrected chi connectivity index (χ4v) is 1.76. The molecule has 1 rings (SSSR count). The summed E-state index contributed by atoms with van der Waals surface area (Å²) >= 11 is 0. The Labute approximate surface area is 61.9 Å². The lowest BCUT2D eigenvalue weighted by Gasteiger charge is -2.14. The lowest BCUT2D eigenvalue weighted by molar-refractivity contribution is 0.0841. The molecule has 60 valence electrons. The van der Waals surface area contributed by atoms with Crippen molar-refractivity contribution in [2.24, 2.45) is 11.8 Å². The topological polar surface area (TPSA) is 40.5 Å². The van der Waals surface area contributed by atoms with Gasteiger partial charge in [-0.25, -0.2) is 0 Å². The third kappa shape index (κ3) is 1.50. The van der Waals surface area contributed by atoms with Crippen LogP contribution in [0.4, 0.5) is 0 Å². The summed E-state index contributed by atoms with van der Waals surface area (Å²) < 4.78 is 0. The van der Waals surface area contributed by atoms with Crippen LogP contribution in [0.1, 0.15) is 26.2 Å². The summed E-state index contributed by atoms with van der Waals surface area (Å²) in [4.78, 5) is 0. The average molecular weight is 144 g/mol. The Kier molecular flexibility index (Phi) is 2.69.